The zero-order valence-electron chi connectivity index (χ0n) is 11.7. The molecule has 112 valence electrons. The molecule has 0 aromatic heterocycles. The van der Waals surface area contributed by atoms with Gasteiger partial charge in [0.05, 0.1) is 12.1 Å². The van der Waals surface area contributed by atoms with Crippen molar-refractivity contribution in [1.29, 1.82) is 0 Å². The third-order valence-electron chi connectivity index (χ3n) is 4.25. The van der Waals surface area contributed by atoms with Crippen LogP contribution in [-0.4, -0.2) is 29.4 Å². The molecule has 2 aliphatic rings. The van der Waals surface area contributed by atoms with Crippen LogP contribution in [0, 0.1) is 11.6 Å². The van der Waals surface area contributed by atoms with E-state index in [1.165, 1.54) is 12.1 Å². The number of carbonyl (C=O) groups is 1. The number of carbonyl (C=O) groups excluding carboxylic acids is 1. The van der Waals surface area contributed by atoms with Crippen molar-refractivity contribution in [2.45, 2.75) is 37.4 Å². The molecule has 2 atom stereocenters. The highest BCUT2D eigenvalue weighted by molar-refractivity contribution is 5.87. The van der Waals surface area contributed by atoms with Gasteiger partial charge in [0.15, 0.2) is 11.6 Å². The number of nitrogens with one attached hydrogen (secondary N) is 1. The SMILES string of the molecule is C=CC(=O)N[C@H]1CCN(C2CC2)[C@@H]1c1ccc(F)c(F)c1. The predicted molar refractivity (Wildman–Crippen MR) is 75.6 cm³/mol. The quantitative estimate of drug-likeness (QED) is 0.865. The summed E-state index contributed by atoms with van der Waals surface area (Å²) in [6, 6.07) is 4.30. The Labute approximate surface area is 122 Å². The molecule has 1 N–H and O–H groups in total. The fraction of sp³-hybridized carbons (Fsp3) is 0.438. The molecule has 0 bridgehead atoms. The van der Waals surface area contributed by atoms with Crippen molar-refractivity contribution in [2.75, 3.05) is 6.54 Å². The van der Waals surface area contributed by atoms with Crippen molar-refractivity contribution in [3.63, 3.8) is 0 Å². The number of hydrogen-bond donors (Lipinski definition) is 1. The topological polar surface area (TPSA) is 32.3 Å². The number of rotatable bonds is 4. The van der Waals surface area contributed by atoms with E-state index in [0.29, 0.717) is 11.6 Å². The van der Waals surface area contributed by atoms with Gasteiger partial charge in [-0.05, 0) is 43.0 Å². The van der Waals surface area contributed by atoms with E-state index in [9.17, 15) is 13.6 Å². The second-order valence-electron chi connectivity index (χ2n) is 5.70. The molecule has 0 spiro atoms. The molecule has 1 heterocycles. The molecule has 0 unspecified atom stereocenters. The molecule has 0 radical (unpaired) electrons. The monoisotopic (exact) mass is 292 g/mol. The van der Waals surface area contributed by atoms with Crippen molar-refractivity contribution < 1.29 is 13.6 Å². The van der Waals surface area contributed by atoms with E-state index in [4.69, 9.17) is 0 Å². The van der Waals surface area contributed by atoms with Gasteiger partial charge >= 0.3 is 0 Å². The van der Waals surface area contributed by atoms with E-state index in [-0.39, 0.29) is 18.0 Å². The van der Waals surface area contributed by atoms with Crippen LogP contribution in [0.5, 0.6) is 0 Å². The van der Waals surface area contributed by atoms with E-state index in [0.717, 1.165) is 31.9 Å². The van der Waals surface area contributed by atoms with Gasteiger partial charge in [-0.15, -0.1) is 0 Å². The fourth-order valence-electron chi connectivity index (χ4n) is 3.15. The Bertz CT molecular complexity index is 571. The van der Waals surface area contributed by atoms with Gasteiger partial charge < -0.3 is 5.32 Å². The lowest BCUT2D eigenvalue weighted by Crippen LogP contribution is -2.39. The van der Waals surface area contributed by atoms with Crippen LogP contribution in [0.2, 0.25) is 0 Å². The molecule has 1 aromatic rings. The third-order valence-corrected chi connectivity index (χ3v) is 4.25. The highest BCUT2D eigenvalue weighted by Crippen LogP contribution is 2.41. The maximum absolute atomic E-state index is 13.5. The number of likely N-dealkylation sites (tertiary alicyclic amines) is 1. The molecule has 1 aromatic carbocycles. The summed E-state index contributed by atoms with van der Waals surface area (Å²) in [6.45, 7) is 4.31. The number of amides is 1. The number of benzene rings is 1. The first-order valence-corrected chi connectivity index (χ1v) is 7.24. The molecule has 1 saturated heterocycles. The molecular weight excluding hydrogens is 274 g/mol. The van der Waals surface area contributed by atoms with Gasteiger partial charge in [0, 0.05) is 12.6 Å². The van der Waals surface area contributed by atoms with E-state index < -0.39 is 11.6 Å². The van der Waals surface area contributed by atoms with Crippen LogP contribution in [0.4, 0.5) is 8.78 Å². The van der Waals surface area contributed by atoms with Crippen LogP contribution in [-0.2, 0) is 4.79 Å². The first-order chi connectivity index (χ1) is 10.1. The standard InChI is InChI=1S/C16H18F2N2O/c1-2-15(21)19-14-7-8-20(11-4-5-11)16(14)10-3-6-12(17)13(18)9-10/h2-3,6,9,11,14,16H,1,4-5,7-8H2,(H,19,21)/t14-,16+/m0/s1. The fourth-order valence-corrected chi connectivity index (χ4v) is 3.15. The zero-order valence-corrected chi connectivity index (χ0v) is 11.7. The summed E-state index contributed by atoms with van der Waals surface area (Å²) >= 11 is 0. The average molecular weight is 292 g/mol. The molecule has 2 fully saturated rings. The highest BCUT2D eigenvalue weighted by Gasteiger charge is 2.43. The Kier molecular flexibility index (Phi) is 3.76. The van der Waals surface area contributed by atoms with Gasteiger partial charge in [0.1, 0.15) is 0 Å². The van der Waals surface area contributed by atoms with Gasteiger partial charge in [-0.1, -0.05) is 12.6 Å². The average Bonchev–Trinajstić information content (AvgIpc) is 3.23. The summed E-state index contributed by atoms with van der Waals surface area (Å²) in [7, 11) is 0. The first kappa shape index (κ1) is 14.2. The van der Waals surface area contributed by atoms with Gasteiger partial charge in [-0.25, -0.2) is 8.78 Å². The summed E-state index contributed by atoms with van der Waals surface area (Å²) in [5.41, 5.74) is 0.715. The van der Waals surface area contributed by atoms with Crippen molar-refractivity contribution in [3.05, 3.63) is 48.1 Å². The Hall–Kier alpha value is -1.75. The Morgan fingerprint density at radius 3 is 2.67 bits per heavy atom. The Balaban J connectivity index is 1.89. The van der Waals surface area contributed by atoms with Gasteiger partial charge in [0.2, 0.25) is 5.91 Å². The minimum atomic E-state index is -0.846. The molecular formula is C16H18F2N2O. The maximum atomic E-state index is 13.5. The van der Waals surface area contributed by atoms with Crippen LogP contribution in [0.25, 0.3) is 0 Å². The number of halogens is 2. The molecule has 1 saturated carbocycles. The second kappa shape index (κ2) is 5.56. The summed E-state index contributed by atoms with van der Waals surface area (Å²) in [5, 5.41) is 2.91. The predicted octanol–water partition coefficient (Wildman–Crippen LogP) is 2.54. The smallest absolute Gasteiger partial charge is 0.243 e. The molecule has 1 amide bonds. The highest BCUT2D eigenvalue weighted by atomic mass is 19.2. The summed E-state index contributed by atoms with van der Waals surface area (Å²) < 4.78 is 26.7. The Morgan fingerprint density at radius 2 is 2.05 bits per heavy atom. The van der Waals surface area contributed by atoms with Crippen molar-refractivity contribution in [3.8, 4) is 0 Å². The summed E-state index contributed by atoms with van der Waals surface area (Å²) in [6.07, 6.45) is 4.30. The normalized spacial score (nSPS) is 25.8. The zero-order chi connectivity index (χ0) is 15.0. The minimum Gasteiger partial charge on any atom is -0.348 e. The minimum absolute atomic E-state index is 0.0963. The summed E-state index contributed by atoms with van der Waals surface area (Å²) in [5.74, 6) is -1.92. The molecule has 1 aliphatic heterocycles. The summed E-state index contributed by atoms with van der Waals surface area (Å²) in [4.78, 5) is 13.9. The maximum Gasteiger partial charge on any atom is 0.243 e. The largest absolute Gasteiger partial charge is 0.348 e. The van der Waals surface area contributed by atoms with Gasteiger partial charge in [-0.3, -0.25) is 9.69 Å². The molecule has 3 nitrogen and oxygen atoms in total. The van der Waals surface area contributed by atoms with E-state index in [1.807, 2.05) is 0 Å². The van der Waals surface area contributed by atoms with Crippen molar-refractivity contribution >= 4 is 5.91 Å². The third kappa shape index (κ3) is 2.83. The van der Waals surface area contributed by atoms with Crippen LogP contribution in [0.1, 0.15) is 30.9 Å². The van der Waals surface area contributed by atoms with E-state index in [1.54, 1.807) is 6.07 Å². The van der Waals surface area contributed by atoms with Crippen LogP contribution in [0.15, 0.2) is 30.9 Å². The van der Waals surface area contributed by atoms with Crippen molar-refractivity contribution in [1.82, 2.24) is 10.2 Å². The Morgan fingerprint density at radius 1 is 1.29 bits per heavy atom. The van der Waals surface area contributed by atoms with E-state index >= 15 is 0 Å². The van der Waals surface area contributed by atoms with Gasteiger partial charge in [0.25, 0.3) is 0 Å². The molecule has 5 heteroatoms. The lowest BCUT2D eigenvalue weighted by atomic mass is 9.99. The van der Waals surface area contributed by atoms with Crippen LogP contribution < -0.4 is 5.32 Å². The second-order valence-corrected chi connectivity index (χ2v) is 5.70. The number of hydrogen-bond acceptors (Lipinski definition) is 2. The van der Waals surface area contributed by atoms with Crippen molar-refractivity contribution in [2.24, 2.45) is 0 Å². The van der Waals surface area contributed by atoms with Gasteiger partial charge in [-0.2, -0.15) is 0 Å². The van der Waals surface area contributed by atoms with Crippen LogP contribution >= 0.6 is 0 Å². The first-order valence-electron chi connectivity index (χ1n) is 7.24. The van der Waals surface area contributed by atoms with E-state index in [2.05, 4.69) is 16.8 Å². The lowest BCUT2D eigenvalue weighted by molar-refractivity contribution is -0.117. The van der Waals surface area contributed by atoms with Crippen LogP contribution in [0.3, 0.4) is 0 Å². The molecule has 3 rings (SSSR count). The molecule has 21 heavy (non-hydrogen) atoms. The molecule has 1 aliphatic carbocycles. The number of nitrogens with zero attached hydrogens (tertiary/aromatic N) is 1. The lowest BCUT2D eigenvalue weighted by Gasteiger charge is -2.29.